The van der Waals surface area contributed by atoms with Crippen LogP contribution in [0.4, 0.5) is 0 Å². The van der Waals surface area contributed by atoms with Gasteiger partial charge in [0.2, 0.25) is 0 Å². The van der Waals surface area contributed by atoms with Gasteiger partial charge in [0.05, 0.1) is 7.11 Å². The molecule has 0 atom stereocenters. The number of aryl methyl sites for hydroxylation is 1. The summed E-state index contributed by atoms with van der Waals surface area (Å²) in [5, 5.41) is 19.7. The first-order valence-electron chi connectivity index (χ1n) is 5.29. The second-order valence-corrected chi connectivity index (χ2v) is 3.90. The Balaban J connectivity index is 2.59. The van der Waals surface area contributed by atoms with Crippen LogP contribution in [0, 0.1) is 6.92 Å². The highest BCUT2D eigenvalue weighted by molar-refractivity contribution is 5.76. The van der Waals surface area contributed by atoms with Crippen LogP contribution in [0.1, 0.15) is 5.56 Å². The van der Waals surface area contributed by atoms with Gasteiger partial charge < -0.3 is 14.9 Å². The van der Waals surface area contributed by atoms with Gasteiger partial charge in [-0.15, -0.1) is 0 Å². The van der Waals surface area contributed by atoms with Gasteiger partial charge >= 0.3 is 0 Å². The largest absolute Gasteiger partial charge is 0.507 e. The van der Waals surface area contributed by atoms with Gasteiger partial charge in [-0.1, -0.05) is 12.1 Å². The van der Waals surface area contributed by atoms with Crippen LogP contribution in [0.15, 0.2) is 36.4 Å². The van der Waals surface area contributed by atoms with Crippen molar-refractivity contribution < 1.29 is 14.9 Å². The quantitative estimate of drug-likeness (QED) is 0.833. The van der Waals surface area contributed by atoms with Crippen molar-refractivity contribution in [1.82, 2.24) is 0 Å². The van der Waals surface area contributed by atoms with Gasteiger partial charge in [0.15, 0.2) is 0 Å². The molecule has 2 N–H and O–H groups in total. The first kappa shape index (κ1) is 11.3. The number of rotatable bonds is 2. The Morgan fingerprint density at radius 2 is 1.65 bits per heavy atom. The number of hydrogen-bond donors (Lipinski definition) is 2. The molecule has 0 saturated heterocycles. The van der Waals surface area contributed by atoms with Crippen LogP contribution in [-0.4, -0.2) is 17.3 Å². The summed E-state index contributed by atoms with van der Waals surface area (Å²) in [5.41, 5.74) is 2.11. The van der Waals surface area contributed by atoms with Gasteiger partial charge in [-0.25, -0.2) is 0 Å². The summed E-state index contributed by atoms with van der Waals surface area (Å²) in [4.78, 5) is 0. The van der Waals surface area contributed by atoms with Gasteiger partial charge in [0.25, 0.3) is 0 Å². The molecule has 0 aliphatic rings. The molecule has 17 heavy (non-hydrogen) atoms. The smallest absolute Gasteiger partial charge is 0.123 e. The van der Waals surface area contributed by atoms with E-state index < -0.39 is 0 Å². The minimum absolute atomic E-state index is 0.116. The van der Waals surface area contributed by atoms with E-state index in [2.05, 4.69) is 0 Å². The molecule has 3 heteroatoms. The maximum atomic E-state index is 9.88. The van der Waals surface area contributed by atoms with Crippen LogP contribution in [-0.2, 0) is 0 Å². The Bertz CT molecular complexity index is 547. The van der Waals surface area contributed by atoms with Crippen molar-refractivity contribution >= 4 is 0 Å². The van der Waals surface area contributed by atoms with Crippen molar-refractivity contribution in [2.24, 2.45) is 0 Å². The molecule has 0 unspecified atom stereocenters. The Morgan fingerprint density at radius 3 is 2.29 bits per heavy atom. The zero-order chi connectivity index (χ0) is 12.4. The summed E-state index contributed by atoms with van der Waals surface area (Å²) < 4.78 is 5.10. The molecule has 0 spiro atoms. The molecule has 0 fully saturated rings. The molecule has 0 aliphatic carbocycles. The van der Waals surface area contributed by atoms with E-state index in [1.54, 1.807) is 37.4 Å². The number of ether oxygens (including phenoxy) is 1. The van der Waals surface area contributed by atoms with E-state index in [1.165, 1.54) is 0 Å². The third kappa shape index (κ3) is 2.18. The fourth-order valence-corrected chi connectivity index (χ4v) is 1.73. The first-order chi connectivity index (χ1) is 8.11. The predicted octanol–water partition coefficient (Wildman–Crippen LogP) is 3.08. The minimum Gasteiger partial charge on any atom is -0.507 e. The van der Waals surface area contributed by atoms with E-state index in [1.807, 2.05) is 13.0 Å². The highest BCUT2D eigenvalue weighted by Crippen LogP contribution is 2.37. The highest BCUT2D eigenvalue weighted by Gasteiger charge is 2.10. The summed E-state index contributed by atoms with van der Waals surface area (Å²) in [5.74, 6) is 0.899. The monoisotopic (exact) mass is 230 g/mol. The lowest BCUT2D eigenvalue weighted by Gasteiger charge is -2.09. The van der Waals surface area contributed by atoms with Crippen molar-refractivity contribution in [2.75, 3.05) is 7.11 Å². The Morgan fingerprint density at radius 1 is 0.882 bits per heavy atom. The fourth-order valence-electron chi connectivity index (χ4n) is 1.73. The van der Waals surface area contributed by atoms with E-state index in [0.29, 0.717) is 16.9 Å². The molecule has 2 aromatic carbocycles. The second kappa shape index (κ2) is 4.37. The number of aromatic hydroxyl groups is 2. The third-order valence-corrected chi connectivity index (χ3v) is 2.65. The van der Waals surface area contributed by atoms with E-state index in [0.717, 1.165) is 5.56 Å². The lowest BCUT2D eigenvalue weighted by atomic mass is 10.0. The van der Waals surface area contributed by atoms with E-state index in [9.17, 15) is 10.2 Å². The Hall–Kier alpha value is -2.16. The molecular formula is C14H14O3. The van der Waals surface area contributed by atoms with Crippen LogP contribution in [0.5, 0.6) is 17.2 Å². The Labute approximate surface area is 99.9 Å². The lowest BCUT2D eigenvalue weighted by Crippen LogP contribution is -1.86. The number of hydrogen-bond acceptors (Lipinski definition) is 3. The molecule has 3 nitrogen and oxygen atoms in total. The van der Waals surface area contributed by atoms with Gasteiger partial charge in [0, 0.05) is 11.1 Å². The van der Waals surface area contributed by atoms with Crippen LogP contribution in [0.25, 0.3) is 11.1 Å². The summed E-state index contributed by atoms with van der Waals surface area (Å²) >= 11 is 0. The SMILES string of the molecule is COc1ccc(O)c(-c2ccc(C)cc2O)c1. The lowest BCUT2D eigenvalue weighted by molar-refractivity contribution is 0.412. The number of phenolic OH excluding ortho intramolecular Hbond substituents is 2. The van der Waals surface area contributed by atoms with Crippen molar-refractivity contribution in [1.29, 1.82) is 0 Å². The molecule has 0 heterocycles. The average Bonchev–Trinajstić information content (AvgIpc) is 2.30. The van der Waals surface area contributed by atoms with Gasteiger partial charge in [0.1, 0.15) is 17.2 Å². The van der Waals surface area contributed by atoms with E-state index in [4.69, 9.17) is 4.74 Å². The van der Waals surface area contributed by atoms with E-state index >= 15 is 0 Å². The number of benzene rings is 2. The summed E-state index contributed by atoms with van der Waals surface area (Å²) in [6.45, 7) is 1.90. The van der Waals surface area contributed by atoms with Crippen molar-refractivity contribution in [3.63, 3.8) is 0 Å². The van der Waals surface area contributed by atoms with Crippen LogP contribution >= 0.6 is 0 Å². The molecule has 0 aliphatic heterocycles. The van der Waals surface area contributed by atoms with Gasteiger partial charge in [-0.05, 0) is 36.8 Å². The van der Waals surface area contributed by atoms with Crippen molar-refractivity contribution in [2.45, 2.75) is 6.92 Å². The minimum atomic E-state index is 0.116. The van der Waals surface area contributed by atoms with Gasteiger partial charge in [-0.3, -0.25) is 0 Å². The average molecular weight is 230 g/mol. The molecule has 0 bridgehead atoms. The van der Waals surface area contributed by atoms with Crippen LogP contribution < -0.4 is 4.74 Å². The number of phenols is 2. The summed E-state index contributed by atoms with van der Waals surface area (Å²) in [6.07, 6.45) is 0. The van der Waals surface area contributed by atoms with Crippen molar-refractivity contribution in [3.8, 4) is 28.4 Å². The molecule has 0 radical (unpaired) electrons. The summed E-state index contributed by atoms with van der Waals surface area (Å²) in [7, 11) is 1.56. The highest BCUT2D eigenvalue weighted by atomic mass is 16.5. The molecule has 0 amide bonds. The molecule has 2 aromatic rings. The predicted molar refractivity (Wildman–Crippen MR) is 66.5 cm³/mol. The Kier molecular flexibility index (Phi) is 2.91. The van der Waals surface area contributed by atoms with Crippen LogP contribution in [0.2, 0.25) is 0 Å². The maximum absolute atomic E-state index is 9.88. The topological polar surface area (TPSA) is 49.7 Å². The molecule has 2 rings (SSSR count). The first-order valence-corrected chi connectivity index (χ1v) is 5.29. The standard InChI is InChI=1S/C14H14O3/c1-9-3-5-11(14(16)7-9)12-8-10(17-2)4-6-13(12)15/h3-8,15-16H,1-2H3. The molecule has 0 saturated carbocycles. The van der Waals surface area contributed by atoms with Gasteiger partial charge in [-0.2, -0.15) is 0 Å². The third-order valence-electron chi connectivity index (χ3n) is 2.65. The number of methoxy groups -OCH3 is 1. The molecule has 88 valence electrons. The fraction of sp³-hybridized carbons (Fsp3) is 0.143. The zero-order valence-corrected chi connectivity index (χ0v) is 9.77. The van der Waals surface area contributed by atoms with E-state index in [-0.39, 0.29) is 11.5 Å². The normalized spacial score (nSPS) is 10.2. The summed E-state index contributed by atoms with van der Waals surface area (Å²) in [6, 6.07) is 10.2. The maximum Gasteiger partial charge on any atom is 0.123 e. The zero-order valence-electron chi connectivity index (χ0n) is 9.77. The second-order valence-electron chi connectivity index (χ2n) is 3.90. The molecule has 0 aromatic heterocycles. The molecular weight excluding hydrogens is 216 g/mol. The van der Waals surface area contributed by atoms with Crippen LogP contribution in [0.3, 0.4) is 0 Å². The van der Waals surface area contributed by atoms with Crippen molar-refractivity contribution in [3.05, 3.63) is 42.0 Å².